The minimum Gasteiger partial charge on any atom is -0.469 e. The Morgan fingerprint density at radius 1 is 1.17 bits per heavy atom. The Morgan fingerprint density at radius 2 is 1.97 bits per heavy atom. The monoisotopic (exact) mass is 414 g/mol. The third-order valence-electron chi connectivity index (χ3n) is 10.2. The van der Waals surface area contributed by atoms with Gasteiger partial charge in [0.2, 0.25) is 0 Å². The zero-order valence-electron chi connectivity index (χ0n) is 18.0. The summed E-state index contributed by atoms with van der Waals surface area (Å²) in [5.41, 5.74) is -0.175. The van der Waals surface area contributed by atoms with E-state index in [1.807, 2.05) is 0 Å². The van der Waals surface area contributed by atoms with Gasteiger partial charge in [0.15, 0.2) is 5.78 Å². The Balaban J connectivity index is 1.49. The first-order chi connectivity index (χ1) is 14.2. The molecule has 2 aliphatic heterocycles. The third-order valence-corrected chi connectivity index (χ3v) is 10.2. The molecule has 2 saturated heterocycles. The maximum atomic E-state index is 13.0. The summed E-state index contributed by atoms with van der Waals surface area (Å²) >= 11 is 0. The summed E-state index contributed by atoms with van der Waals surface area (Å²) < 4.78 is 17.9. The van der Waals surface area contributed by atoms with Gasteiger partial charge in [-0.15, -0.1) is 0 Å². The van der Waals surface area contributed by atoms with Crippen molar-refractivity contribution in [1.29, 1.82) is 0 Å². The highest BCUT2D eigenvalue weighted by molar-refractivity contribution is 5.92. The zero-order valence-corrected chi connectivity index (χ0v) is 18.0. The number of ketones is 1. The van der Waals surface area contributed by atoms with Crippen LogP contribution in [0, 0.1) is 28.6 Å². The van der Waals surface area contributed by atoms with E-state index in [2.05, 4.69) is 13.8 Å². The third kappa shape index (κ3) is 1.94. The van der Waals surface area contributed by atoms with E-state index < -0.39 is 11.2 Å². The van der Waals surface area contributed by atoms with Crippen LogP contribution < -0.4 is 0 Å². The van der Waals surface area contributed by atoms with E-state index in [0.717, 1.165) is 37.7 Å². The van der Waals surface area contributed by atoms with Crippen LogP contribution in [0.3, 0.4) is 0 Å². The molecular formula is C24H30O6. The lowest BCUT2D eigenvalue weighted by Crippen LogP contribution is -2.63. The Labute approximate surface area is 176 Å². The van der Waals surface area contributed by atoms with Gasteiger partial charge in [-0.1, -0.05) is 19.4 Å². The van der Waals surface area contributed by atoms with Crippen LogP contribution in [0.15, 0.2) is 11.6 Å². The van der Waals surface area contributed by atoms with Crippen molar-refractivity contribution in [1.82, 2.24) is 0 Å². The molecule has 6 heteroatoms. The molecule has 0 N–H and O–H groups in total. The number of hydrogen-bond acceptors (Lipinski definition) is 6. The minimum atomic E-state index is -0.424. The average molecular weight is 414 g/mol. The van der Waals surface area contributed by atoms with E-state index in [4.69, 9.17) is 14.2 Å². The van der Waals surface area contributed by atoms with Crippen LogP contribution in [0.25, 0.3) is 0 Å². The maximum absolute atomic E-state index is 13.0. The summed E-state index contributed by atoms with van der Waals surface area (Å²) in [5, 5.41) is 0. The van der Waals surface area contributed by atoms with Crippen molar-refractivity contribution >= 4 is 17.7 Å². The number of carbonyl (C=O) groups is 3. The van der Waals surface area contributed by atoms with Crippen molar-refractivity contribution in [2.24, 2.45) is 28.6 Å². The normalized spacial score (nSPS) is 53.2. The molecule has 2 spiro atoms. The van der Waals surface area contributed by atoms with Crippen LogP contribution in [0.4, 0.5) is 0 Å². The van der Waals surface area contributed by atoms with Gasteiger partial charge in [-0.3, -0.25) is 14.4 Å². The molecule has 4 aliphatic carbocycles. The molecule has 30 heavy (non-hydrogen) atoms. The second-order valence-corrected chi connectivity index (χ2v) is 11.0. The number of ether oxygens (including phenoxy) is 3. The fourth-order valence-corrected chi connectivity index (χ4v) is 8.69. The van der Waals surface area contributed by atoms with E-state index in [1.165, 1.54) is 7.11 Å². The molecule has 0 bridgehead atoms. The van der Waals surface area contributed by atoms with Crippen LogP contribution in [0.1, 0.15) is 65.2 Å². The Morgan fingerprint density at radius 3 is 2.67 bits per heavy atom. The summed E-state index contributed by atoms with van der Waals surface area (Å²) in [6.45, 7) is 4.51. The standard InChI is InChI=1S/C24H30O6/c1-21-7-4-14(25)10-13(21)11-15(20(27)28-3)19-16-5-8-23(9-6-18(26)30-23)22(16,2)12-17-24(19,21)29-17/h10,15-17,19H,4-9,11-12H2,1-3H3/t15-,16-,17-,19-,21+,22-,23-,24+/m1/s1. The number of carbonyl (C=O) groups excluding carboxylic acids is 3. The van der Waals surface area contributed by atoms with Gasteiger partial charge < -0.3 is 14.2 Å². The van der Waals surface area contributed by atoms with Crippen molar-refractivity contribution in [3.05, 3.63) is 11.6 Å². The average Bonchev–Trinajstić information content (AvgIpc) is 3.20. The van der Waals surface area contributed by atoms with Gasteiger partial charge in [-0.05, 0) is 50.5 Å². The molecule has 162 valence electrons. The SMILES string of the molecule is COC(=O)[C@@H]1CC2=CC(=O)CC[C@]2(C)[C@]23O[C@@H]2C[C@]2(C)[C@H](CC[C@@]24CCC(=O)O4)[C@@H]13. The predicted octanol–water partition coefficient (Wildman–Crippen LogP) is 3.12. The number of hydrogen-bond donors (Lipinski definition) is 0. The van der Waals surface area contributed by atoms with Crippen LogP contribution in [-0.2, 0) is 28.6 Å². The van der Waals surface area contributed by atoms with Gasteiger partial charge in [0.1, 0.15) is 11.2 Å². The molecule has 3 saturated carbocycles. The highest BCUT2D eigenvalue weighted by atomic mass is 16.6. The Kier molecular flexibility index (Phi) is 3.53. The number of esters is 2. The van der Waals surface area contributed by atoms with Gasteiger partial charge in [0, 0.05) is 29.6 Å². The maximum Gasteiger partial charge on any atom is 0.309 e. The molecule has 6 rings (SSSR count). The van der Waals surface area contributed by atoms with E-state index in [1.54, 1.807) is 6.08 Å². The smallest absolute Gasteiger partial charge is 0.309 e. The van der Waals surface area contributed by atoms with Crippen LogP contribution >= 0.6 is 0 Å². The number of epoxide rings is 1. The topological polar surface area (TPSA) is 82.2 Å². The second kappa shape index (κ2) is 5.56. The van der Waals surface area contributed by atoms with Crippen molar-refractivity contribution in [2.75, 3.05) is 7.11 Å². The largest absolute Gasteiger partial charge is 0.469 e. The van der Waals surface area contributed by atoms with Crippen molar-refractivity contribution in [2.45, 2.75) is 82.5 Å². The second-order valence-electron chi connectivity index (χ2n) is 11.0. The molecule has 0 radical (unpaired) electrons. The number of rotatable bonds is 1. The van der Waals surface area contributed by atoms with Crippen LogP contribution in [0.5, 0.6) is 0 Å². The zero-order chi connectivity index (χ0) is 21.1. The van der Waals surface area contributed by atoms with E-state index >= 15 is 0 Å². The van der Waals surface area contributed by atoms with Crippen molar-refractivity contribution < 1.29 is 28.6 Å². The molecular weight excluding hydrogens is 384 g/mol. The van der Waals surface area contributed by atoms with E-state index in [9.17, 15) is 14.4 Å². The summed E-state index contributed by atoms with van der Waals surface area (Å²) in [6.07, 6.45) is 7.61. The highest BCUT2D eigenvalue weighted by Crippen LogP contribution is 2.78. The van der Waals surface area contributed by atoms with Gasteiger partial charge in [0.25, 0.3) is 0 Å². The molecule has 0 aromatic heterocycles. The van der Waals surface area contributed by atoms with Gasteiger partial charge >= 0.3 is 11.9 Å². The predicted molar refractivity (Wildman–Crippen MR) is 105 cm³/mol. The highest BCUT2D eigenvalue weighted by Gasteiger charge is 2.83. The molecule has 0 aromatic rings. The fraction of sp³-hybridized carbons (Fsp3) is 0.792. The first-order valence-electron chi connectivity index (χ1n) is 11.4. The van der Waals surface area contributed by atoms with Gasteiger partial charge in [-0.2, -0.15) is 0 Å². The molecule has 2 heterocycles. The molecule has 6 aliphatic rings. The summed E-state index contributed by atoms with van der Waals surface area (Å²) in [5.74, 6) is -0.201. The number of fused-ring (bicyclic) bond motifs is 4. The van der Waals surface area contributed by atoms with Crippen LogP contribution in [-0.4, -0.2) is 42.1 Å². The number of methoxy groups -OCH3 is 1. The molecule has 0 amide bonds. The lowest BCUT2D eigenvalue weighted by Gasteiger charge is -2.58. The quantitative estimate of drug-likeness (QED) is 0.484. The minimum absolute atomic E-state index is 0.0303. The first-order valence-corrected chi connectivity index (χ1v) is 11.4. The molecule has 5 fully saturated rings. The molecule has 8 atom stereocenters. The Bertz CT molecular complexity index is 907. The van der Waals surface area contributed by atoms with Gasteiger partial charge in [-0.25, -0.2) is 0 Å². The Hall–Kier alpha value is -1.69. The van der Waals surface area contributed by atoms with Crippen LogP contribution in [0.2, 0.25) is 0 Å². The molecule has 6 nitrogen and oxygen atoms in total. The summed E-state index contributed by atoms with van der Waals surface area (Å²) in [7, 11) is 1.45. The molecule has 0 unspecified atom stereocenters. The lowest BCUT2D eigenvalue weighted by atomic mass is 9.43. The summed E-state index contributed by atoms with van der Waals surface area (Å²) in [6, 6.07) is 0. The van der Waals surface area contributed by atoms with Gasteiger partial charge in [0.05, 0.1) is 19.1 Å². The molecule has 0 aromatic carbocycles. The first kappa shape index (κ1) is 19.0. The lowest BCUT2D eigenvalue weighted by molar-refractivity contribution is -0.172. The fourth-order valence-electron chi connectivity index (χ4n) is 8.69. The summed E-state index contributed by atoms with van der Waals surface area (Å²) in [4.78, 5) is 37.4. The van der Waals surface area contributed by atoms with E-state index in [0.29, 0.717) is 19.3 Å². The van der Waals surface area contributed by atoms with Crippen molar-refractivity contribution in [3.8, 4) is 0 Å². The van der Waals surface area contributed by atoms with Crippen molar-refractivity contribution in [3.63, 3.8) is 0 Å². The van der Waals surface area contributed by atoms with E-state index in [-0.39, 0.29) is 52.4 Å².